The smallest absolute Gasteiger partial charge is 0.272 e. The fourth-order valence-corrected chi connectivity index (χ4v) is 3.36. The number of hydrogen-bond donors (Lipinski definition) is 1. The predicted octanol–water partition coefficient (Wildman–Crippen LogP) is 3.46. The molecule has 0 aliphatic carbocycles. The first-order chi connectivity index (χ1) is 12.0. The van der Waals surface area contributed by atoms with E-state index in [4.69, 9.17) is 0 Å². The summed E-state index contributed by atoms with van der Waals surface area (Å²) in [6.45, 7) is 7.75. The van der Waals surface area contributed by atoms with Gasteiger partial charge in [0.15, 0.2) is 5.65 Å². The molecule has 5 nitrogen and oxygen atoms in total. The Morgan fingerprint density at radius 2 is 2.04 bits per heavy atom. The fourth-order valence-electron chi connectivity index (χ4n) is 2.88. The summed E-state index contributed by atoms with van der Waals surface area (Å²) in [7, 11) is 0. The molecular formula is C19H24N4OS. The van der Waals surface area contributed by atoms with Gasteiger partial charge >= 0.3 is 0 Å². The summed E-state index contributed by atoms with van der Waals surface area (Å²) < 4.78 is 1.49. The van der Waals surface area contributed by atoms with Crippen LogP contribution in [0, 0.1) is 6.92 Å². The molecule has 0 amide bonds. The van der Waals surface area contributed by atoms with E-state index in [2.05, 4.69) is 59.4 Å². The molecule has 0 aliphatic heterocycles. The second-order valence-electron chi connectivity index (χ2n) is 6.57. The van der Waals surface area contributed by atoms with Crippen molar-refractivity contribution in [1.82, 2.24) is 19.5 Å². The van der Waals surface area contributed by atoms with Crippen LogP contribution < -0.4 is 5.56 Å². The molecule has 0 saturated heterocycles. The Kier molecular flexibility index (Phi) is 5.30. The number of thioether (sulfide) groups is 1. The summed E-state index contributed by atoms with van der Waals surface area (Å²) in [6, 6.07) is 12.5. The Bertz CT molecular complexity index is 929. The molecule has 0 unspecified atom stereocenters. The quantitative estimate of drug-likeness (QED) is 0.687. The van der Waals surface area contributed by atoms with Crippen molar-refractivity contribution < 1.29 is 0 Å². The van der Waals surface area contributed by atoms with E-state index in [1.807, 2.05) is 13.0 Å². The van der Waals surface area contributed by atoms with Gasteiger partial charge in [-0.05, 0) is 44.7 Å². The van der Waals surface area contributed by atoms with Gasteiger partial charge in [0.1, 0.15) is 0 Å². The second-order valence-corrected chi connectivity index (χ2v) is 7.45. The van der Waals surface area contributed by atoms with Gasteiger partial charge < -0.3 is 0 Å². The van der Waals surface area contributed by atoms with E-state index in [0.717, 1.165) is 17.9 Å². The van der Waals surface area contributed by atoms with Crippen LogP contribution in [0.4, 0.5) is 0 Å². The molecule has 2 aromatic heterocycles. The second kappa shape index (κ2) is 7.45. The van der Waals surface area contributed by atoms with Crippen LogP contribution in [0.25, 0.3) is 5.65 Å². The van der Waals surface area contributed by atoms with Crippen LogP contribution in [0.1, 0.15) is 30.8 Å². The average Bonchev–Trinajstić information content (AvgIpc) is 2.95. The van der Waals surface area contributed by atoms with Crippen molar-refractivity contribution in [3.8, 4) is 0 Å². The lowest BCUT2D eigenvalue weighted by molar-refractivity contribution is 0.201. The van der Waals surface area contributed by atoms with Crippen LogP contribution in [0.15, 0.2) is 46.1 Å². The SMILES string of the molecule is CSc1cccc(CN(Cc2cc(=O)n3[nH]c(C)cc3n2)C(C)C)c1. The van der Waals surface area contributed by atoms with Gasteiger partial charge in [0.05, 0.1) is 5.69 Å². The van der Waals surface area contributed by atoms with Gasteiger partial charge in [0.25, 0.3) is 5.56 Å². The van der Waals surface area contributed by atoms with E-state index in [1.165, 1.54) is 15.0 Å². The molecule has 1 aromatic carbocycles. The van der Waals surface area contributed by atoms with Crippen molar-refractivity contribution in [2.24, 2.45) is 0 Å². The van der Waals surface area contributed by atoms with Crippen molar-refractivity contribution in [2.75, 3.05) is 6.26 Å². The van der Waals surface area contributed by atoms with Crippen LogP contribution in [0.3, 0.4) is 0 Å². The van der Waals surface area contributed by atoms with Crippen LogP contribution in [-0.4, -0.2) is 31.8 Å². The first kappa shape index (κ1) is 17.8. The monoisotopic (exact) mass is 356 g/mol. The molecular weight excluding hydrogens is 332 g/mol. The van der Waals surface area contributed by atoms with Crippen molar-refractivity contribution in [2.45, 2.75) is 44.8 Å². The van der Waals surface area contributed by atoms with Crippen molar-refractivity contribution in [3.63, 3.8) is 0 Å². The standard InChI is InChI=1S/C19H24N4OS/c1-13(2)22(11-15-6-5-7-17(9-15)25-4)12-16-10-19(24)23-18(20-16)8-14(3)21-23/h5-10,13,21H,11-12H2,1-4H3. The van der Waals surface area contributed by atoms with Crippen molar-refractivity contribution in [1.29, 1.82) is 0 Å². The van der Waals surface area contributed by atoms with E-state index in [0.29, 0.717) is 18.2 Å². The largest absolute Gasteiger partial charge is 0.294 e. The third kappa shape index (κ3) is 4.14. The molecule has 0 radical (unpaired) electrons. The van der Waals surface area contributed by atoms with Gasteiger partial charge in [-0.3, -0.25) is 14.8 Å². The number of H-pyrrole nitrogens is 1. The maximum absolute atomic E-state index is 12.3. The summed E-state index contributed by atoms with van der Waals surface area (Å²) in [5.41, 5.74) is 3.61. The molecule has 0 saturated carbocycles. The van der Waals surface area contributed by atoms with Gasteiger partial charge in [-0.1, -0.05) is 12.1 Å². The molecule has 3 rings (SSSR count). The minimum absolute atomic E-state index is 0.0683. The minimum Gasteiger partial charge on any atom is -0.294 e. The number of aromatic amines is 1. The highest BCUT2D eigenvalue weighted by atomic mass is 32.2. The zero-order chi connectivity index (χ0) is 18.0. The summed E-state index contributed by atoms with van der Waals surface area (Å²) >= 11 is 1.75. The van der Waals surface area contributed by atoms with E-state index in [9.17, 15) is 4.79 Å². The number of nitrogens with zero attached hydrogens (tertiary/aromatic N) is 3. The molecule has 0 atom stereocenters. The number of fused-ring (bicyclic) bond motifs is 1. The topological polar surface area (TPSA) is 53.4 Å². The van der Waals surface area contributed by atoms with Crippen molar-refractivity contribution >= 4 is 17.4 Å². The lowest BCUT2D eigenvalue weighted by Crippen LogP contribution is -2.31. The maximum atomic E-state index is 12.3. The molecule has 132 valence electrons. The third-order valence-corrected chi connectivity index (χ3v) is 4.97. The molecule has 2 heterocycles. The molecule has 1 N–H and O–H groups in total. The van der Waals surface area contributed by atoms with E-state index in [1.54, 1.807) is 17.8 Å². The van der Waals surface area contributed by atoms with Crippen LogP contribution in [0.2, 0.25) is 0 Å². The molecule has 0 spiro atoms. The summed E-state index contributed by atoms with van der Waals surface area (Å²) in [5.74, 6) is 0. The first-order valence-electron chi connectivity index (χ1n) is 8.41. The van der Waals surface area contributed by atoms with Gasteiger partial charge in [-0.25, -0.2) is 9.50 Å². The number of hydrogen-bond acceptors (Lipinski definition) is 4. The van der Waals surface area contributed by atoms with Gasteiger partial charge in [0, 0.05) is 41.9 Å². The number of rotatable bonds is 6. The normalized spacial score (nSPS) is 11.8. The summed E-state index contributed by atoms with van der Waals surface area (Å²) in [6.07, 6.45) is 2.09. The van der Waals surface area contributed by atoms with Gasteiger partial charge in [0.2, 0.25) is 0 Å². The van der Waals surface area contributed by atoms with Crippen LogP contribution in [-0.2, 0) is 13.1 Å². The Labute approximate surface area is 152 Å². The van der Waals surface area contributed by atoms with E-state index >= 15 is 0 Å². The lowest BCUT2D eigenvalue weighted by Gasteiger charge is -2.26. The van der Waals surface area contributed by atoms with E-state index in [-0.39, 0.29) is 5.56 Å². The van der Waals surface area contributed by atoms with Gasteiger partial charge in [-0.15, -0.1) is 11.8 Å². The Balaban J connectivity index is 1.85. The molecule has 3 aromatic rings. The molecule has 0 fully saturated rings. The third-order valence-electron chi connectivity index (χ3n) is 4.25. The first-order valence-corrected chi connectivity index (χ1v) is 9.64. The predicted molar refractivity (Wildman–Crippen MR) is 103 cm³/mol. The number of nitrogens with one attached hydrogen (secondary N) is 1. The number of benzene rings is 1. The highest BCUT2D eigenvalue weighted by Gasteiger charge is 2.14. The van der Waals surface area contributed by atoms with Crippen LogP contribution in [0.5, 0.6) is 0 Å². The molecule has 0 aliphatic rings. The zero-order valence-electron chi connectivity index (χ0n) is 15.1. The summed E-state index contributed by atoms with van der Waals surface area (Å²) in [5, 5.41) is 3.01. The Morgan fingerprint density at radius 1 is 1.24 bits per heavy atom. The molecule has 6 heteroatoms. The van der Waals surface area contributed by atoms with Crippen molar-refractivity contribution in [3.05, 3.63) is 63.7 Å². The fraction of sp³-hybridized carbons (Fsp3) is 0.368. The maximum Gasteiger partial charge on any atom is 0.272 e. The number of aryl methyl sites for hydroxylation is 1. The number of aromatic nitrogens is 3. The summed E-state index contributed by atoms with van der Waals surface area (Å²) in [4.78, 5) is 20.5. The highest BCUT2D eigenvalue weighted by molar-refractivity contribution is 7.98. The van der Waals surface area contributed by atoms with Gasteiger partial charge in [-0.2, -0.15) is 0 Å². The highest BCUT2D eigenvalue weighted by Crippen LogP contribution is 2.18. The molecule has 25 heavy (non-hydrogen) atoms. The lowest BCUT2D eigenvalue weighted by atomic mass is 10.2. The van der Waals surface area contributed by atoms with Crippen LogP contribution >= 0.6 is 11.8 Å². The zero-order valence-corrected chi connectivity index (χ0v) is 15.9. The minimum atomic E-state index is -0.0683. The average molecular weight is 356 g/mol. The Morgan fingerprint density at radius 3 is 2.76 bits per heavy atom. The Hall–Kier alpha value is -2.05. The molecule has 0 bridgehead atoms. The van der Waals surface area contributed by atoms with E-state index < -0.39 is 0 Å².